The van der Waals surface area contributed by atoms with Gasteiger partial charge in [-0.1, -0.05) is 31.2 Å². The van der Waals surface area contributed by atoms with E-state index in [0.29, 0.717) is 10.8 Å². The maximum absolute atomic E-state index is 13.3. The Balaban J connectivity index is 1.72. The third-order valence-electron chi connectivity index (χ3n) is 4.24. The van der Waals surface area contributed by atoms with Gasteiger partial charge in [0.05, 0.1) is 12.9 Å². The van der Waals surface area contributed by atoms with Crippen molar-refractivity contribution in [1.29, 1.82) is 0 Å². The summed E-state index contributed by atoms with van der Waals surface area (Å²) in [7, 11) is 1.63. The van der Waals surface area contributed by atoms with Crippen LogP contribution in [0.5, 0.6) is 5.75 Å². The van der Waals surface area contributed by atoms with Gasteiger partial charge in [0, 0.05) is 17.8 Å². The number of unbranched alkanes of at least 4 members (excludes halogenated alkanes) is 1. The van der Waals surface area contributed by atoms with Gasteiger partial charge in [-0.15, -0.1) is 10.2 Å². The average Bonchev–Trinajstić information content (AvgIpc) is 3.13. The van der Waals surface area contributed by atoms with Gasteiger partial charge in [0.25, 0.3) is 0 Å². The summed E-state index contributed by atoms with van der Waals surface area (Å²) in [4.78, 5) is 12.2. The number of nitrogens with zero attached hydrogens (tertiary/aromatic N) is 3. The van der Waals surface area contributed by atoms with E-state index in [4.69, 9.17) is 4.74 Å². The first kappa shape index (κ1) is 20.9. The lowest BCUT2D eigenvalue weighted by atomic mass is 10.2. The molecule has 0 fully saturated rings. The minimum absolute atomic E-state index is 0.156. The molecule has 3 rings (SSSR count). The summed E-state index contributed by atoms with van der Waals surface area (Å²) in [6.45, 7) is 2.88. The molecule has 0 aliphatic heterocycles. The molecule has 152 valence electrons. The van der Waals surface area contributed by atoms with Gasteiger partial charge in [0.15, 0.2) is 11.0 Å². The van der Waals surface area contributed by atoms with Crippen LogP contribution in [0.4, 0.5) is 10.1 Å². The van der Waals surface area contributed by atoms with Gasteiger partial charge >= 0.3 is 0 Å². The minimum atomic E-state index is -0.390. The molecule has 0 unspecified atom stereocenters. The monoisotopic (exact) mass is 414 g/mol. The minimum Gasteiger partial charge on any atom is -0.497 e. The second-order valence-electron chi connectivity index (χ2n) is 6.39. The van der Waals surface area contributed by atoms with Crippen molar-refractivity contribution in [1.82, 2.24) is 14.8 Å². The molecule has 0 saturated heterocycles. The molecule has 1 heterocycles. The fourth-order valence-electron chi connectivity index (χ4n) is 2.76. The van der Waals surface area contributed by atoms with Gasteiger partial charge in [0.1, 0.15) is 11.6 Å². The Hall–Kier alpha value is -2.87. The molecule has 0 aliphatic carbocycles. The Labute approximate surface area is 173 Å². The molecule has 1 amide bonds. The predicted octanol–water partition coefficient (Wildman–Crippen LogP) is 4.62. The van der Waals surface area contributed by atoms with Crippen LogP contribution in [0.2, 0.25) is 0 Å². The van der Waals surface area contributed by atoms with Crippen molar-refractivity contribution in [3.05, 3.63) is 54.3 Å². The van der Waals surface area contributed by atoms with E-state index in [1.54, 1.807) is 19.2 Å². The third-order valence-corrected chi connectivity index (χ3v) is 5.21. The van der Waals surface area contributed by atoms with Crippen LogP contribution in [0.1, 0.15) is 19.8 Å². The summed E-state index contributed by atoms with van der Waals surface area (Å²) in [6.07, 6.45) is 2.01. The van der Waals surface area contributed by atoms with Gasteiger partial charge in [0.2, 0.25) is 5.91 Å². The summed E-state index contributed by atoms with van der Waals surface area (Å²) in [6, 6.07) is 13.5. The topological polar surface area (TPSA) is 69.0 Å². The van der Waals surface area contributed by atoms with Crippen molar-refractivity contribution in [2.45, 2.75) is 31.5 Å². The highest BCUT2D eigenvalue weighted by Gasteiger charge is 2.16. The second-order valence-corrected chi connectivity index (χ2v) is 7.33. The number of nitrogens with one attached hydrogen (secondary N) is 1. The molecule has 1 N–H and O–H groups in total. The number of thioether (sulfide) groups is 1. The molecule has 0 atom stereocenters. The zero-order valence-electron chi connectivity index (χ0n) is 16.4. The van der Waals surface area contributed by atoms with Crippen molar-refractivity contribution in [2.24, 2.45) is 0 Å². The highest BCUT2D eigenvalue weighted by molar-refractivity contribution is 7.99. The first-order valence-corrected chi connectivity index (χ1v) is 10.3. The molecule has 0 bridgehead atoms. The molecule has 0 saturated carbocycles. The van der Waals surface area contributed by atoms with Gasteiger partial charge in [-0.05, 0) is 48.9 Å². The van der Waals surface area contributed by atoms with Crippen molar-refractivity contribution in [3.63, 3.8) is 0 Å². The number of ether oxygens (including phenoxy) is 1. The first-order valence-electron chi connectivity index (χ1n) is 9.36. The van der Waals surface area contributed by atoms with Crippen LogP contribution in [-0.4, -0.2) is 33.5 Å². The zero-order valence-corrected chi connectivity index (χ0v) is 17.2. The largest absolute Gasteiger partial charge is 0.497 e. The Morgan fingerprint density at radius 2 is 2.00 bits per heavy atom. The Morgan fingerprint density at radius 3 is 2.69 bits per heavy atom. The maximum Gasteiger partial charge on any atom is 0.234 e. The average molecular weight is 415 g/mol. The van der Waals surface area contributed by atoms with Crippen molar-refractivity contribution >= 4 is 23.4 Å². The predicted molar refractivity (Wildman–Crippen MR) is 113 cm³/mol. The molecule has 3 aromatic rings. The standard InChI is InChI=1S/C21H23FN4O2S/c1-3-4-12-26-20(15-8-10-18(28-2)11-9-15)24-25-21(26)29-14-19(27)23-17-7-5-6-16(22)13-17/h5-11,13H,3-4,12,14H2,1-2H3,(H,23,27). The lowest BCUT2D eigenvalue weighted by Crippen LogP contribution is -2.14. The lowest BCUT2D eigenvalue weighted by molar-refractivity contribution is -0.113. The fourth-order valence-corrected chi connectivity index (χ4v) is 3.52. The fraction of sp³-hybridized carbons (Fsp3) is 0.286. The van der Waals surface area contributed by atoms with Crippen LogP contribution in [-0.2, 0) is 11.3 Å². The third kappa shape index (κ3) is 5.57. The summed E-state index contributed by atoms with van der Waals surface area (Å²) in [5.41, 5.74) is 1.37. The second kappa shape index (κ2) is 10.1. The van der Waals surface area contributed by atoms with E-state index < -0.39 is 0 Å². The van der Waals surface area contributed by atoms with Crippen LogP contribution in [0.15, 0.2) is 53.7 Å². The SMILES string of the molecule is CCCCn1c(SCC(=O)Nc2cccc(F)c2)nnc1-c1ccc(OC)cc1. The van der Waals surface area contributed by atoms with Crippen LogP contribution < -0.4 is 10.1 Å². The van der Waals surface area contributed by atoms with Crippen molar-refractivity contribution < 1.29 is 13.9 Å². The van der Waals surface area contributed by atoms with E-state index >= 15 is 0 Å². The molecule has 0 radical (unpaired) electrons. The summed E-state index contributed by atoms with van der Waals surface area (Å²) < 4.78 is 20.5. The number of hydrogen-bond acceptors (Lipinski definition) is 5. The van der Waals surface area contributed by atoms with E-state index in [1.165, 1.54) is 23.9 Å². The molecule has 6 nitrogen and oxygen atoms in total. The Kier molecular flexibility index (Phi) is 7.24. The first-order chi connectivity index (χ1) is 14.1. The summed E-state index contributed by atoms with van der Waals surface area (Å²) in [5.74, 6) is 1.07. The van der Waals surface area contributed by atoms with Crippen molar-refractivity contribution in [3.8, 4) is 17.1 Å². The number of amides is 1. The van der Waals surface area contributed by atoms with Gasteiger partial charge in [-0.2, -0.15) is 0 Å². The number of hydrogen-bond donors (Lipinski definition) is 1. The highest BCUT2D eigenvalue weighted by atomic mass is 32.2. The molecule has 1 aromatic heterocycles. The molecule has 0 spiro atoms. The number of benzene rings is 2. The van der Waals surface area contributed by atoms with E-state index in [2.05, 4.69) is 22.4 Å². The zero-order chi connectivity index (χ0) is 20.6. The van der Waals surface area contributed by atoms with Crippen LogP contribution in [0.3, 0.4) is 0 Å². The Bertz CT molecular complexity index is 960. The highest BCUT2D eigenvalue weighted by Crippen LogP contribution is 2.26. The van der Waals surface area contributed by atoms with Gasteiger partial charge in [-0.3, -0.25) is 4.79 Å². The van der Waals surface area contributed by atoms with Gasteiger partial charge < -0.3 is 14.6 Å². The van der Waals surface area contributed by atoms with Crippen molar-refractivity contribution in [2.75, 3.05) is 18.2 Å². The maximum atomic E-state index is 13.3. The summed E-state index contributed by atoms with van der Waals surface area (Å²) >= 11 is 1.31. The van der Waals surface area contributed by atoms with E-state index in [0.717, 1.165) is 36.5 Å². The lowest BCUT2D eigenvalue weighted by Gasteiger charge is -2.10. The number of anilines is 1. The number of methoxy groups -OCH3 is 1. The number of halogens is 1. The molecule has 8 heteroatoms. The molecular weight excluding hydrogens is 391 g/mol. The summed E-state index contributed by atoms with van der Waals surface area (Å²) in [5, 5.41) is 12.0. The van der Waals surface area contributed by atoms with Crippen LogP contribution in [0, 0.1) is 5.82 Å². The quantitative estimate of drug-likeness (QED) is 0.517. The molecule has 2 aromatic carbocycles. The number of aromatic nitrogens is 3. The molecular formula is C21H23FN4O2S. The van der Waals surface area contributed by atoms with E-state index in [1.807, 2.05) is 28.8 Å². The van der Waals surface area contributed by atoms with Gasteiger partial charge in [-0.25, -0.2) is 4.39 Å². The number of rotatable bonds is 9. The van der Waals surface area contributed by atoms with E-state index in [9.17, 15) is 9.18 Å². The molecule has 0 aliphatic rings. The molecule has 29 heavy (non-hydrogen) atoms. The van der Waals surface area contributed by atoms with Crippen LogP contribution >= 0.6 is 11.8 Å². The number of carbonyl (C=O) groups excluding carboxylic acids is 1. The number of carbonyl (C=O) groups is 1. The normalized spacial score (nSPS) is 10.7. The van der Waals surface area contributed by atoms with E-state index in [-0.39, 0.29) is 17.5 Å². The smallest absolute Gasteiger partial charge is 0.234 e. The Morgan fingerprint density at radius 1 is 1.21 bits per heavy atom. The van der Waals surface area contributed by atoms with Crippen LogP contribution in [0.25, 0.3) is 11.4 Å².